The van der Waals surface area contributed by atoms with Gasteiger partial charge >= 0.3 is 0 Å². The minimum absolute atomic E-state index is 0.496. The summed E-state index contributed by atoms with van der Waals surface area (Å²) in [6, 6.07) is 0.702. The van der Waals surface area contributed by atoms with E-state index in [1.807, 2.05) is 0 Å². The molecule has 4 atom stereocenters. The zero-order valence-corrected chi connectivity index (χ0v) is 8.39. The lowest BCUT2D eigenvalue weighted by Gasteiger charge is -2.30. The molecule has 3 heteroatoms. The monoisotopic (exact) mass is 218 g/mol. The zero-order chi connectivity index (χ0) is 7.84. The molecule has 2 rings (SSSR count). The molecule has 0 spiro atoms. The maximum Gasteiger partial charge on any atom is 0.0806 e. The summed E-state index contributed by atoms with van der Waals surface area (Å²) in [6.45, 7) is 2.34. The van der Waals surface area contributed by atoms with E-state index in [4.69, 9.17) is 0 Å². The van der Waals surface area contributed by atoms with E-state index in [1.165, 1.54) is 19.3 Å². The topological polar surface area (TPSA) is 24.1 Å². The second kappa shape index (κ2) is 3.04. The standard InChI is InChI=1S/C8H15BrN2/c1-5-3-2-4-6-7(5)10-11-8(6)9/h5-8,10-11H,2-4H2,1H3. The van der Waals surface area contributed by atoms with Gasteiger partial charge in [-0.15, -0.1) is 0 Å². The van der Waals surface area contributed by atoms with Crippen molar-refractivity contribution in [3.8, 4) is 0 Å². The van der Waals surface area contributed by atoms with Gasteiger partial charge in [-0.05, 0) is 18.8 Å². The molecular formula is C8H15BrN2. The average Bonchev–Trinajstić information content (AvgIpc) is 2.35. The first-order chi connectivity index (χ1) is 5.29. The SMILES string of the molecule is CC1CCCC2C(Br)NNC12. The molecule has 2 N–H and O–H groups in total. The molecule has 1 aliphatic heterocycles. The second-order valence-electron chi connectivity index (χ2n) is 3.79. The van der Waals surface area contributed by atoms with E-state index in [1.54, 1.807) is 0 Å². The summed E-state index contributed by atoms with van der Waals surface area (Å²) in [5.41, 5.74) is 6.62. The molecule has 0 aromatic rings. The van der Waals surface area contributed by atoms with Gasteiger partial charge in [0.25, 0.3) is 0 Å². The Morgan fingerprint density at radius 3 is 2.82 bits per heavy atom. The molecule has 1 heterocycles. The Labute approximate surface area is 76.2 Å². The predicted octanol–water partition coefficient (Wildman–Crippen LogP) is 1.62. The van der Waals surface area contributed by atoms with Crippen molar-refractivity contribution in [2.75, 3.05) is 0 Å². The van der Waals surface area contributed by atoms with Crippen molar-refractivity contribution in [1.29, 1.82) is 0 Å². The third kappa shape index (κ3) is 1.34. The van der Waals surface area contributed by atoms with Gasteiger partial charge in [0.1, 0.15) is 0 Å². The van der Waals surface area contributed by atoms with E-state index in [9.17, 15) is 0 Å². The summed E-state index contributed by atoms with van der Waals surface area (Å²) in [6.07, 6.45) is 4.15. The molecule has 2 aliphatic rings. The van der Waals surface area contributed by atoms with Gasteiger partial charge in [-0.2, -0.15) is 0 Å². The zero-order valence-electron chi connectivity index (χ0n) is 6.81. The molecule has 0 amide bonds. The van der Waals surface area contributed by atoms with Gasteiger partial charge in [0.05, 0.1) is 4.95 Å². The Bertz CT molecular complexity index is 149. The minimum atomic E-state index is 0.496. The van der Waals surface area contributed by atoms with Crippen LogP contribution in [-0.4, -0.2) is 11.0 Å². The lowest BCUT2D eigenvalue weighted by atomic mass is 9.79. The fourth-order valence-electron chi connectivity index (χ4n) is 2.32. The van der Waals surface area contributed by atoms with Crippen LogP contribution in [0.2, 0.25) is 0 Å². The molecule has 0 bridgehead atoms. The summed E-state index contributed by atoms with van der Waals surface area (Å²) in [7, 11) is 0. The number of halogens is 1. The quantitative estimate of drug-likeness (QED) is 0.478. The summed E-state index contributed by atoms with van der Waals surface area (Å²) >= 11 is 3.63. The molecule has 4 unspecified atom stereocenters. The number of rotatable bonds is 0. The van der Waals surface area contributed by atoms with Crippen LogP contribution in [0.25, 0.3) is 0 Å². The van der Waals surface area contributed by atoms with Gasteiger partial charge < -0.3 is 0 Å². The van der Waals surface area contributed by atoms with Crippen LogP contribution in [-0.2, 0) is 0 Å². The normalized spacial score (nSPS) is 50.7. The van der Waals surface area contributed by atoms with Crippen LogP contribution >= 0.6 is 15.9 Å². The molecule has 0 aromatic heterocycles. The van der Waals surface area contributed by atoms with Crippen molar-refractivity contribution in [1.82, 2.24) is 10.9 Å². The molecule has 0 radical (unpaired) electrons. The van der Waals surface area contributed by atoms with Crippen LogP contribution in [0.5, 0.6) is 0 Å². The number of fused-ring (bicyclic) bond motifs is 1. The van der Waals surface area contributed by atoms with Gasteiger partial charge in [0, 0.05) is 12.0 Å². The van der Waals surface area contributed by atoms with Gasteiger partial charge in [0.2, 0.25) is 0 Å². The van der Waals surface area contributed by atoms with Crippen molar-refractivity contribution < 1.29 is 0 Å². The van der Waals surface area contributed by atoms with Gasteiger partial charge in [0.15, 0.2) is 0 Å². The summed E-state index contributed by atoms with van der Waals surface area (Å²) in [5, 5.41) is 0. The number of hydrogen-bond acceptors (Lipinski definition) is 2. The Balaban J connectivity index is 2.07. The first-order valence-electron chi connectivity index (χ1n) is 4.44. The first-order valence-corrected chi connectivity index (χ1v) is 5.36. The van der Waals surface area contributed by atoms with Gasteiger partial charge in [-0.25, -0.2) is 5.43 Å². The van der Waals surface area contributed by atoms with Crippen molar-refractivity contribution in [2.45, 2.75) is 37.2 Å². The molecule has 64 valence electrons. The molecule has 0 aromatic carbocycles. The van der Waals surface area contributed by atoms with Crippen molar-refractivity contribution in [3.05, 3.63) is 0 Å². The highest BCUT2D eigenvalue weighted by Gasteiger charge is 2.39. The van der Waals surface area contributed by atoms with E-state index in [0.29, 0.717) is 11.0 Å². The molecular weight excluding hydrogens is 204 g/mol. The average molecular weight is 219 g/mol. The van der Waals surface area contributed by atoms with Crippen LogP contribution in [0.3, 0.4) is 0 Å². The highest BCUT2D eigenvalue weighted by Crippen LogP contribution is 2.35. The molecule has 2 nitrogen and oxygen atoms in total. The fourth-order valence-corrected chi connectivity index (χ4v) is 3.04. The van der Waals surface area contributed by atoms with Gasteiger partial charge in [-0.3, -0.25) is 5.43 Å². The Hall–Kier alpha value is 0.400. The summed E-state index contributed by atoms with van der Waals surface area (Å²) in [5.74, 6) is 1.64. The second-order valence-corrected chi connectivity index (χ2v) is 4.77. The van der Waals surface area contributed by atoms with Crippen molar-refractivity contribution in [3.63, 3.8) is 0 Å². The van der Waals surface area contributed by atoms with Crippen molar-refractivity contribution >= 4 is 15.9 Å². The molecule has 2 fully saturated rings. The van der Waals surface area contributed by atoms with Crippen LogP contribution in [0.15, 0.2) is 0 Å². The Kier molecular flexibility index (Phi) is 2.21. The van der Waals surface area contributed by atoms with E-state index in [2.05, 4.69) is 33.7 Å². The third-order valence-corrected chi connectivity index (χ3v) is 3.94. The molecule has 11 heavy (non-hydrogen) atoms. The molecule has 1 saturated carbocycles. The van der Waals surface area contributed by atoms with Crippen LogP contribution < -0.4 is 10.9 Å². The van der Waals surface area contributed by atoms with Crippen LogP contribution in [0.4, 0.5) is 0 Å². The lowest BCUT2D eigenvalue weighted by molar-refractivity contribution is 0.247. The van der Waals surface area contributed by atoms with E-state index in [0.717, 1.165) is 11.8 Å². The van der Waals surface area contributed by atoms with Gasteiger partial charge in [-0.1, -0.05) is 29.3 Å². The lowest BCUT2D eigenvalue weighted by Crippen LogP contribution is -2.39. The number of alkyl halides is 1. The highest BCUT2D eigenvalue weighted by atomic mass is 79.9. The summed E-state index contributed by atoms with van der Waals surface area (Å²) < 4.78 is 0. The Morgan fingerprint density at radius 1 is 1.27 bits per heavy atom. The minimum Gasteiger partial charge on any atom is -0.253 e. The van der Waals surface area contributed by atoms with Crippen LogP contribution in [0.1, 0.15) is 26.2 Å². The third-order valence-electron chi connectivity index (χ3n) is 3.04. The first kappa shape index (κ1) is 8.02. The smallest absolute Gasteiger partial charge is 0.0806 e. The molecule has 1 aliphatic carbocycles. The van der Waals surface area contributed by atoms with Crippen molar-refractivity contribution in [2.24, 2.45) is 11.8 Å². The number of hydrazine groups is 1. The van der Waals surface area contributed by atoms with Crippen LogP contribution in [0, 0.1) is 11.8 Å². The number of nitrogens with one attached hydrogen (secondary N) is 2. The number of hydrogen-bond donors (Lipinski definition) is 2. The highest BCUT2D eigenvalue weighted by molar-refractivity contribution is 9.09. The maximum absolute atomic E-state index is 3.63. The predicted molar refractivity (Wildman–Crippen MR) is 49.3 cm³/mol. The summed E-state index contributed by atoms with van der Waals surface area (Å²) in [4.78, 5) is 0.496. The maximum atomic E-state index is 3.63. The molecule has 1 saturated heterocycles. The van der Waals surface area contributed by atoms with E-state index in [-0.39, 0.29) is 0 Å². The largest absolute Gasteiger partial charge is 0.253 e. The Morgan fingerprint density at radius 2 is 2.09 bits per heavy atom. The van der Waals surface area contributed by atoms with E-state index < -0.39 is 0 Å². The van der Waals surface area contributed by atoms with E-state index >= 15 is 0 Å². The fraction of sp³-hybridized carbons (Fsp3) is 1.00.